The highest BCUT2D eigenvalue weighted by Gasteiger charge is 2.46. The lowest BCUT2D eigenvalue weighted by Gasteiger charge is -2.23. The minimum absolute atomic E-state index is 0.0558. The predicted octanol–water partition coefficient (Wildman–Crippen LogP) is 3.87. The first-order valence-corrected chi connectivity index (χ1v) is 7.50. The van der Waals surface area contributed by atoms with E-state index < -0.39 is 4.75 Å². The smallest absolute Gasteiger partial charge is 0.286 e. The molecule has 0 atom stereocenters. The number of rotatable bonds is 8. The van der Waals surface area contributed by atoms with Crippen molar-refractivity contribution in [3.63, 3.8) is 0 Å². The van der Waals surface area contributed by atoms with E-state index in [1.165, 1.54) is 11.8 Å². The Kier molecular flexibility index (Phi) is 6.03. The molecule has 0 aromatic heterocycles. The van der Waals surface area contributed by atoms with E-state index in [1.54, 1.807) is 0 Å². The summed E-state index contributed by atoms with van der Waals surface area (Å²) in [5, 5.41) is 2.28. The maximum absolute atomic E-state index is 11.9. The Balaban J connectivity index is 2.57. The molecule has 0 aliphatic carbocycles. The fraction of sp³-hybridized carbons (Fsp3) is 0.846. The molecule has 0 saturated carbocycles. The molecular weight excluding hydrogens is 234 g/mol. The fourth-order valence-corrected chi connectivity index (χ4v) is 3.37. The molecule has 0 bridgehead atoms. The van der Waals surface area contributed by atoms with Gasteiger partial charge >= 0.3 is 0 Å². The minimum Gasteiger partial charge on any atom is -0.286 e. The monoisotopic (exact) mass is 257 g/mol. The zero-order chi connectivity index (χ0) is 12.7. The quantitative estimate of drug-likeness (QED) is 0.671. The highest BCUT2D eigenvalue weighted by Crippen LogP contribution is 2.40. The van der Waals surface area contributed by atoms with Gasteiger partial charge in [0.15, 0.2) is 0 Å². The lowest BCUT2D eigenvalue weighted by atomic mass is 9.93. The summed E-state index contributed by atoms with van der Waals surface area (Å²) >= 11 is 1.22. The van der Waals surface area contributed by atoms with Gasteiger partial charge in [-0.05, 0) is 24.6 Å². The maximum Gasteiger partial charge on any atom is 0.286 e. The third-order valence-electron chi connectivity index (χ3n) is 3.29. The van der Waals surface area contributed by atoms with Crippen molar-refractivity contribution >= 4 is 22.9 Å². The average Bonchev–Trinajstić information content (AvgIpc) is 2.55. The second kappa shape index (κ2) is 7.04. The van der Waals surface area contributed by atoms with Crippen LogP contribution in [0.1, 0.15) is 65.2 Å². The van der Waals surface area contributed by atoms with Crippen molar-refractivity contribution in [3.05, 3.63) is 0 Å². The van der Waals surface area contributed by atoms with Gasteiger partial charge in [0.1, 0.15) is 4.75 Å². The van der Waals surface area contributed by atoms with Gasteiger partial charge in [0.25, 0.3) is 5.24 Å². The van der Waals surface area contributed by atoms with Gasteiger partial charge in [-0.2, -0.15) is 0 Å². The lowest BCUT2D eigenvalue weighted by molar-refractivity contribution is -0.122. The van der Waals surface area contributed by atoms with Gasteiger partial charge in [0.05, 0.1) is 0 Å². The van der Waals surface area contributed by atoms with Gasteiger partial charge in [-0.25, -0.2) is 0 Å². The lowest BCUT2D eigenvalue weighted by Crippen LogP contribution is -2.36. The molecule has 0 unspecified atom stereocenters. The Hall–Kier alpha value is -0.510. The Morgan fingerprint density at radius 1 is 1.00 bits per heavy atom. The molecule has 1 saturated heterocycles. The first-order valence-electron chi connectivity index (χ1n) is 6.69. The standard InChI is InChI=1S/C13H23NO2S/c1-3-5-7-9-13(10-8-6-4-2)11(15)14-12(16)17-13/h3-10H2,1-2H3,(H,14,15,16). The van der Waals surface area contributed by atoms with Crippen LogP contribution in [0, 0.1) is 0 Å². The Morgan fingerprint density at radius 3 is 1.88 bits per heavy atom. The predicted molar refractivity (Wildman–Crippen MR) is 72.1 cm³/mol. The number of nitrogens with one attached hydrogen (secondary N) is 1. The van der Waals surface area contributed by atoms with Crippen LogP contribution in [0.4, 0.5) is 4.79 Å². The Morgan fingerprint density at radius 2 is 1.53 bits per heavy atom. The minimum atomic E-state index is -0.457. The second-order valence-electron chi connectivity index (χ2n) is 4.75. The molecule has 2 amide bonds. The van der Waals surface area contributed by atoms with E-state index in [1.807, 2.05) is 0 Å². The molecule has 0 aromatic carbocycles. The summed E-state index contributed by atoms with van der Waals surface area (Å²) in [4.78, 5) is 23.3. The van der Waals surface area contributed by atoms with Crippen molar-refractivity contribution in [3.8, 4) is 0 Å². The molecule has 1 heterocycles. The van der Waals surface area contributed by atoms with Gasteiger partial charge < -0.3 is 0 Å². The highest BCUT2D eigenvalue weighted by atomic mass is 32.2. The Labute approximate surface area is 108 Å². The molecule has 0 aromatic rings. The third kappa shape index (κ3) is 4.02. The first kappa shape index (κ1) is 14.6. The Bertz CT molecular complexity index is 269. The number of unbranched alkanes of at least 4 members (excludes halogenated alkanes) is 4. The molecule has 3 nitrogen and oxygen atoms in total. The zero-order valence-electron chi connectivity index (χ0n) is 10.9. The SMILES string of the molecule is CCCCCC1(CCCCC)SC(=O)NC1=O. The summed E-state index contributed by atoms with van der Waals surface area (Å²) in [5.41, 5.74) is 0. The summed E-state index contributed by atoms with van der Waals surface area (Å²) in [6.07, 6.45) is 8.32. The molecule has 1 rings (SSSR count). The number of carbonyl (C=O) groups is 2. The van der Waals surface area contributed by atoms with Crippen LogP contribution in [-0.2, 0) is 4.79 Å². The van der Waals surface area contributed by atoms with Gasteiger partial charge in [-0.15, -0.1) is 0 Å². The van der Waals surface area contributed by atoms with E-state index in [0.717, 1.165) is 51.4 Å². The van der Waals surface area contributed by atoms with Gasteiger partial charge in [-0.1, -0.05) is 52.4 Å². The van der Waals surface area contributed by atoms with Crippen LogP contribution in [-0.4, -0.2) is 15.9 Å². The topological polar surface area (TPSA) is 46.2 Å². The second-order valence-corrected chi connectivity index (χ2v) is 6.11. The van der Waals surface area contributed by atoms with Crippen molar-refractivity contribution in [1.29, 1.82) is 0 Å². The highest BCUT2D eigenvalue weighted by molar-refractivity contribution is 8.16. The van der Waals surface area contributed by atoms with Crippen molar-refractivity contribution in [2.45, 2.75) is 70.0 Å². The van der Waals surface area contributed by atoms with Gasteiger partial charge in [0, 0.05) is 0 Å². The van der Waals surface area contributed by atoms with E-state index in [9.17, 15) is 9.59 Å². The number of carbonyl (C=O) groups excluding carboxylic acids is 2. The number of imide groups is 1. The van der Waals surface area contributed by atoms with Crippen LogP contribution in [0.25, 0.3) is 0 Å². The van der Waals surface area contributed by atoms with E-state index in [-0.39, 0.29) is 11.1 Å². The zero-order valence-corrected chi connectivity index (χ0v) is 11.7. The maximum atomic E-state index is 11.9. The summed E-state index contributed by atoms with van der Waals surface area (Å²) in [5.74, 6) is -0.0558. The van der Waals surface area contributed by atoms with Gasteiger partial charge in [-0.3, -0.25) is 14.9 Å². The van der Waals surface area contributed by atoms with E-state index in [4.69, 9.17) is 0 Å². The number of amides is 2. The van der Waals surface area contributed by atoms with Crippen LogP contribution in [0.3, 0.4) is 0 Å². The summed E-state index contributed by atoms with van der Waals surface area (Å²) in [7, 11) is 0. The van der Waals surface area contributed by atoms with Crippen LogP contribution < -0.4 is 5.32 Å². The molecule has 1 fully saturated rings. The molecule has 0 radical (unpaired) electrons. The molecule has 1 aliphatic heterocycles. The fourth-order valence-electron chi connectivity index (χ4n) is 2.23. The summed E-state index contributed by atoms with van der Waals surface area (Å²) in [6, 6.07) is 0. The average molecular weight is 257 g/mol. The molecule has 17 heavy (non-hydrogen) atoms. The summed E-state index contributed by atoms with van der Waals surface area (Å²) < 4.78 is -0.457. The largest absolute Gasteiger partial charge is 0.286 e. The van der Waals surface area contributed by atoms with Crippen molar-refractivity contribution < 1.29 is 9.59 Å². The van der Waals surface area contributed by atoms with Crippen LogP contribution in [0.5, 0.6) is 0 Å². The molecule has 0 spiro atoms. The first-order chi connectivity index (χ1) is 8.14. The van der Waals surface area contributed by atoms with Crippen LogP contribution >= 0.6 is 11.8 Å². The van der Waals surface area contributed by atoms with Crippen LogP contribution in [0.15, 0.2) is 0 Å². The van der Waals surface area contributed by atoms with Crippen LogP contribution in [0.2, 0.25) is 0 Å². The molecule has 4 heteroatoms. The summed E-state index contributed by atoms with van der Waals surface area (Å²) in [6.45, 7) is 4.30. The van der Waals surface area contributed by atoms with E-state index in [0.29, 0.717) is 0 Å². The van der Waals surface area contributed by atoms with Crippen molar-refractivity contribution in [1.82, 2.24) is 5.32 Å². The number of hydrogen-bond acceptors (Lipinski definition) is 3. The number of thioether (sulfide) groups is 1. The molecule has 98 valence electrons. The van der Waals surface area contributed by atoms with Crippen molar-refractivity contribution in [2.75, 3.05) is 0 Å². The molecule has 1 N–H and O–H groups in total. The van der Waals surface area contributed by atoms with Crippen molar-refractivity contribution in [2.24, 2.45) is 0 Å². The molecule has 1 aliphatic rings. The number of hydrogen-bond donors (Lipinski definition) is 1. The molecular formula is C13H23NO2S. The van der Waals surface area contributed by atoms with E-state index in [2.05, 4.69) is 19.2 Å². The third-order valence-corrected chi connectivity index (χ3v) is 4.56. The normalized spacial score (nSPS) is 18.5. The van der Waals surface area contributed by atoms with E-state index >= 15 is 0 Å². The van der Waals surface area contributed by atoms with Gasteiger partial charge in [0.2, 0.25) is 5.91 Å².